The predicted octanol–water partition coefficient (Wildman–Crippen LogP) is 2.12. The van der Waals surface area contributed by atoms with Gasteiger partial charge in [0.05, 0.1) is 0 Å². The van der Waals surface area contributed by atoms with E-state index in [1.165, 1.54) is 6.07 Å². The lowest BCUT2D eigenvalue weighted by Gasteiger charge is -2.26. The largest absolute Gasteiger partial charge is 0.598 e. The fourth-order valence-corrected chi connectivity index (χ4v) is 2.04. The van der Waals surface area contributed by atoms with Crippen LogP contribution in [0.15, 0.2) is 18.2 Å². The zero-order chi connectivity index (χ0) is 12.3. The highest BCUT2D eigenvalue weighted by atomic mass is 32.2. The van der Waals surface area contributed by atoms with Gasteiger partial charge in [-0.15, -0.1) is 0 Å². The molecule has 1 rings (SSSR count). The first kappa shape index (κ1) is 13.4. The molecular weight excluding hydrogens is 227 g/mol. The van der Waals surface area contributed by atoms with Gasteiger partial charge in [0.2, 0.25) is 5.95 Å². The lowest BCUT2D eigenvalue weighted by Crippen LogP contribution is -2.38. The minimum atomic E-state index is -1.40. The fourth-order valence-electron chi connectivity index (χ4n) is 1.62. The van der Waals surface area contributed by atoms with E-state index in [0.717, 1.165) is 0 Å². The van der Waals surface area contributed by atoms with Crippen LogP contribution in [-0.2, 0) is 11.4 Å². The highest BCUT2D eigenvalue weighted by molar-refractivity contribution is 7.90. The van der Waals surface area contributed by atoms with Crippen LogP contribution in [0.2, 0.25) is 0 Å². The Balaban J connectivity index is 2.76. The number of aromatic nitrogens is 1. The van der Waals surface area contributed by atoms with Gasteiger partial charge in [-0.1, -0.05) is 13.0 Å². The Bertz CT molecular complexity index is 358. The Hall–Kier alpha value is -0.650. The maximum atomic E-state index is 12.9. The van der Waals surface area contributed by atoms with Crippen LogP contribution >= 0.6 is 0 Å². The normalized spacial score (nSPS) is 15.9. The Morgan fingerprint density at radius 2 is 2.19 bits per heavy atom. The average Bonchev–Trinajstić information content (AvgIpc) is 2.16. The van der Waals surface area contributed by atoms with Gasteiger partial charge in [-0.2, -0.15) is 9.53 Å². The van der Waals surface area contributed by atoms with Gasteiger partial charge in [0, 0.05) is 29.4 Å². The standard InChI is InChI=1S/C11H17FN2OS/c1-8(7-11(2,3)16(13)15)9-5-4-6-10(12)14-9/h4-6,8H,7,13H2,1-3H3/t8?,16-/m1/s1. The molecule has 1 heterocycles. The van der Waals surface area contributed by atoms with Crippen molar-refractivity contribution < 1.29 is 8.94 Å². The van der Waals surface area contributed by atoms with E-state index in [2.05, 4.69) is 4.98 Å². The van der Waals surface area contributed by atoms with Crippen molar-refractivity contribution in [3.05, 3.63) is 29.8 Å². The highest BCUT2D eigenvalue weighted by Crippen LogP contribution is 2.28. The Labute approximate surface area is 98.6 Å². The first-order chi connectivity index (χ1) is 7.33. The summed E-state index contributed by atoms with van der Waals surface area (Å²) in [4.78, 5) is 3.81. The van der Waals surface area contributed by atoms with E-state index >= 15 is 0 Å². The van der Waals surface area contributed by atoms with E-state index in [1.807, 2.05) is 20.8 Å². The summed E-state index contributed by atoms with van der Waals surface area (Å²) in [5.74, 6) is -0.464. The van der Waals surface area contributed by atoms with Crippen LogP contribution in [-0.4, -0.2) is 14.3 Å². The molecule has 3 nitrogen and oxygen atoms in total. The molecule has 0 radical (unpaired) electrons. The minimum Gasteiger partial charge on any atom is -0.598 e. The third-order valence-corrected chi connectivity index (χ3v) is 3.84. The monoisotopic (exact) mass is 244 g/mol. The van der Waals surface area contributed by atoms with Gasteiger partial charge in [0.15, 0.2) is 0 Å². The van der Waals surface area contributed by atoms with E-state index < -0.39 is 22.1 Å². The van der Waals surface area contributed by atoms with Gasteiger partial charge in [-0.25, -0.2) is 4.98 Å². The van der Waals surface area contributed by atoms with Gasteiger partial charge in [0.1, 0.15) is 4.75 Å². The van der Waals surface area contributed by atoms with Crippen molar-refractivity contribution in [3.8, 4) is 0 Å². The molecule has 0 saturated carbocycles. The second kappa shape index (κ2) is 5.12. The molecule has 0 aliphatic heterocycles. The summed E-state index contributed by atoms with van der Waals surface area (Å²) in [7, 11) is 0. The van der Waals surface area contributed by atoms with Gasteiger partial charge in [-0.05, 0) is 26.0 Å². The first-order valence-electron chi connectivity index (χ1n) is 5.11. The van der Waals surface area contributed by atoms with Crippen molar-refractivity contribution in [1.82, 2.24) is 4.98 Å². The van der Waals surface area contributed by atoms with Crippen LogP contribution in [0.4, 0.5) is 4.39 Å². The molecule has 1 aromatic heterocycles. The molecule has 0 aromatic carbocycles. The maximum absolute atomic E-state index is 12.9. The summed E-state index contributed by atoms with van der Waals surface area (Å²) < 4.78 is 23.7. The smallest absolute Gasteiger partial charge is 0.213 e. The maximum Gasteiger partial charge on any atom is 0.213 e. The van der Waals surface area contributed by atoms with Crippen molar-refractivity contribution in [3.63, 3.8) is 0 Å². The van der Waals surface area contributed by atoms with Crippen LogP contribution in [0.1, 0.15) is 38.8 Å². The van der Waals surface area contributed by atoms with Crippen molar-refractivity contribution in [2.24, 2.45) is 5.14 Å². The molecule has 2 N–H and O–H groups in total. The quantitative estimate of drug-likeness (QED) is 0.652. The summed E-state index contributed by atoms with van der Waals surface area (Å²) in [5.41, 5.74) is 0.665. The minimum absolute atomic E-state index is 0.0261. The molecule has 0 saturated heterocycles. The number of rotatable bonds is 4. The predicted molar refractivity (Wildman–Crippen MR) is 63.6 cm³/mol. The van der Waals surface area contributed by atoms with E-state index in [-0.39, 0.29) is 5.92 Å². The molecule has 0 fully saturated rings. The SMILES string of the molecule is CC(CC(C)(C)[S@+](N)[O-])c1cccc(F)n1. The van der Waals surface area contributed by atoms with Crippen molar-refractivity contribution in [2.75, 3.05) is 0 Å². The third-order valence-electron chi connectivity index (χ3n) is 2.58. The molecule has 1 aromatic rings. The van der Waals surface area contributed by atoms with Crippen molar-refractivity contribution >= 4 is 11.4 Å². The summed E-state index contributed by atoms with van der Waals surface area (Å²) in [6.45, 7) is 5.59. The molecule has 0 amide bonds. The topological polar surface area (TPSA) is 62.0 Å². The summed E-state index contributed by atoms with van der Waals surface area (Å²) >= 11 is -1.40. The molecule has 0 aliphatic carbocycles. The van der Waals surface area contributed by atoms with Gasteiger partial charge in [-0.3, -0.25) is 0 Å². The highest BCUT2D eigenvalue weighted by Gasteiger charge is 2.32. The zero-order valence-electron chi connectivity index (χ0n) is 9.74. The number of hydrogen-bond acceptors (Lipinski definition) is 3. The second-order valence-corrected chi connectivity index (χ2v) is 6.25. The molecule has 0 bridgehead atoms. The molecule has 0 aliphatic rings. The van der Waals surface area contributed by atoms with Gasteiger partial charge in [0.25, 0.3) is 0 Å². The van der Waals surface area contributed by atoms with Gasteiger partial charge >= 0.3 is 0 Å². The second-order valence-electron chi connectivity index (χ2n) is 4.55. The van der Waals surface area contributed by atoms with E-state index in [1.54, 1.807) is 12.1 Å². The number of halogens is 1. The van der Waals surface area contributed by atoms with Crippen LogP contribution in [0.25, 0.3) is 0 Å². The van der Waals surface area contributed by atoms with Crippen molar-refractivity contribution in [1.29, 1.82) is 0 Å². The van der Waals surface area contributed by atoms with Crippen LogP contribution in [0.5, 0.6) is 0 Å². The third kappa shape index (κ3) is 3.43. The van der Waals surface area contributed by atoms with Crippen molar-refractivity contribution in [2.45, 2.75) is 37.9 Å². The molecule has 0 spiro atoms. The average molecular weight is 244 g/mol. The van der Waals surface area contributed by atoms with Crippen LogP contribution in [0, 0.1) is 5.95 Å². The van der Waals surface area contributed by atoms with Crippen LogP contribution < -0.4 is 5.14 Å². The summed E-state index contributed by atoms with van der Waals surface area (Å²) in [5, 5.41) is 5.40. The number of nitrogens with two attached hydrogens (primary N) is 1. The van der Waals surface area contributed by atoms with E-state index in [0.29, 0.717) is 12.1 Å². The Morgan fingerprint density at radius 3 is 2.69 bits per heavy atom. The lowest BCUT2D eigenvalue weighted by molar-refractivity contribution is 0.489. The molecular formula is C11H17FN2OS. The Morgan fingerprint density at radius 1 is 1.56 bits per heavy atom. The number of pyridine rings is 1. The van der Waals surface area contributed by atoms with E-state index in [9.17, 15) is 8.94 Å². The molecule has 2 atom stereocenters. The summed E-state index contributed by atoms with van der Waals surface area (Å²) in [6, 6.07) is 4.70. The summed E-state index contributed by atoms with van der Waals surface area (Å²) in [6.07, 6.45) is 0.604. The fraction of sp³-hybridized carbons (Fsp3) is 0.545. The number of hydrogen-bond donors (Lipinski definition) is 1. The molecule has 5 heteroatoms. The number of nitrogens with zero attached hydrogens (tertiary/aromatic N) is 1. The zero-order valence-corrected chi connectivity index (χ0v) is 10.6. The van der Waals surface area contributed by atoms with Gasteiger partial charge < -0.3 is 4.55 Å². The molecule has 90 valence electrons. The first-order valence-corrected chi connectivity index (χ1v) is 6.33. The lowest BCUT2D eigenvalue weighted by atomic mass is 9.95. The molecule has 1 unspecified atom stereocenters. The molecule has 16 heavy (non-hydrogen) atoms. The van der Waals surface area contributed by atoms with Crippen LogP contribution in [0.3, 0.4) is 0 Å². The van der Waals surface area contributed by atoms with E-state index in [4.69, 9.17) is 5.14 Å². The Kier molecular flexibility index (Phi) is 4.29.